The third-order valence-corrected chi connectivity index (χ3v) is 5.48. The normalized spacial score (nSPS) is 11.6. The van der Waals surface area contributed by atoms with Crippen molar-refractivity contribution >= 4 is 11.8 Å². The van der Waals surface area contributed by atoms with Crippen LogP contribution in [0, 0.1) is 6.92 Å². The van der Waals surface area contributed by atoms with Gasteiger partial charge in [-0.25, -0.2) is 4.98 Å². The summed E-state index contributed by atoms with van der Waals surface area (Å²) >= 11 is 0. The maximum absolute atomic E-state index is 11.9. The number of methoxy groups -OCH3 is 1. The third kappa shape index (κ3) is 6.22. The minimum atomic E-state index is -0.355. The van der Waals surface area contributed by atoms with Crippen LogP contribution in [0.5, 0.6) is 17.2 Å². The molecular weight excluding hydrogens is 430 g/mol. The van der Waals surface area contributed by atoms with Crippen LogP contribution in [0.4, 0.5) is 0 Å². The number of nitrogens with zero attached hydrogens (tertiary/aromatic N) is 1. The Balaban J connectivity index is 1.91. The van der Waals surface area contributed by atoms with Crippen molar-refractivity contribution in [1.29, 1.82) is 0 Å². The van der Waals surface area contributed by atoms with Crippen LogP contribution in [0.3, 0.4) is 0 Å². The Morgan fingerprint density at radius 2 is 1.79 bits per heavy atom. The Morgan fingerprint density at radius 3 is 2.44 bits per heavy atom. The van der Waals surface area contributed by atoms with E-state index in [1.807, 2.05) is 43.3 Å². The van der Waals surface area contributed by atoms with Crippen LogP contribution in [0.2, 0.25) is 0 Å². The maximum atomic E-state index is 11.9. The molecule has 0 N–H and O–H groups in total. The molecular formula is C28H31NO5. The number of aryl methyl sites for hydroxylation is 1. The van der Waals surface area contributed by atoms with Crippen molar-refractivity contribution < 1.29 is 23.8 Å². The average Bonchev–Trinajstić information content (AvgIpc) is 2.82. The van der Waals surface area contributed by atoms with Crippen molar-refractivity contribution in [1.82, 2.24) is 4.98 Å². The molecule has 6 nitrogen and oxygen atoms in total. The Bertz CT molecular complexity index is 1170. The molecule has 178 valence electrons. The summed E-state index contributed by atoms with van der Waals surface area (Å²) in [6.45, 7) is 6.92. The molecule has 0 unspecified atom stereocenters. The summed E-state index contributed by atoms with van der Waals surface area (Å²) in [6, 6.07) is 16.8. The number of hydrogen-bond acceptors (Lipinski definition) is 6. The van der Waals surface area contributed by atoms with Crippen LogP contribution in [0.25, 0.3) is 11.3 Å². The summed E-state index contributed by atoms with van der Waals surface area (Å²) in [5.74, 6) is 1.33. The lowest BCUT2D eigenvalue weighted by atomic mass is 10.0. The number of carbonyl (C=O) groups is 2. The summed E-state index contributed by atoms with van der Waals surface area (Å²) < 4.78 is 17.0. The fourth-order valence-electron chi connectivity index (χ4n) is 3.72. The standard InChI is InChI=1S/C28H31NO5/c1-6-7-11-27(34-22-13-15-26(18(2)16-22)33-20(4)31)25-10-8-9-24(29-25)21-12-14-23(19(3)30)28(17-21)32-5/h8-10,12-17,27H,6-7,11H2,1-5H3/t27-/m0/s1. The Morgan fingerprint density at radius 1 is 1.00 bits per heavy atom. The van der Waals surface area contributed by atoms with Crippen LogP contribution < -0.4 is 14.2 Å². The van der Waals surface area contributed by atoms with E-state index in [0.29, 0.717) is 22.8 Å². The van der Waals surface area contributed by atoms with Crippen molar-refractivity contribution in [2.24, 2.45) is 0 Å². The first kappa shape index (κ1) is 25.0. The van der Waals surface area contributed by atoms with Crippen molar-refractivity contribution in [3.63, 3.8) is 0 Å². The molecule has 0 radical (unpaired) electrons. The molecule has 0 amide bonds. The number of Topliss-reactive ketones (excluding diaryl/α,β-unsaturated/α-hetero) is 1. The fraction of sp³-hybridized carbons (Fsp3) is 0.321. The van der Waals surface area contributed by atoms with Gasteiger partial charge in [-0.2, -0.15) is 0 Å². The number of pyridine rings is 1. The van der Waals surface area contributed by atoms with Gasteiger partial charge in [0.25, 0.3) is 0 Å². The minimum absolute atomic E-state index is 0.0480. The zero-order valence-electron chi connectivity index (χ0n) is 20.4. The quantitative estimate of drug-likeness (QED) is 0.195. The van der Waals surface area contributed by atoms with Gasteiger partial charge < -0.3 is 14.2 Å². The van der Waals surface area contributed by atoms with Gasteiger partial charge in [-0.15, -0.1) is 0 Å². The highest BCUT2D eigenvalue weighted by Crippen LogP contribution is 2.32. The molecule has 3 rings (SSSR count). The molecule has 3 aromatic rings. The van der Waals surface area contributed by atoms with E-state index in [2.05, 4.69) is 6.92 Å². The molecule has 0 saturated carbocycles. The summed E-state index contributed by atoms with van der Waals surface area (Å²) in [5, 5.41) is 0. The number of unbranched alkanes of at least 4 members (excludes halogenated alkanes) is 1. The van der Waals surface area contributed by atoms with Crippen LogP contribution in [-0.2, 0) is 4.79 Å². The second-order valence-corrected chi connectivity index (χ2v) is 8.19. The average molecular weight is 462 g/mol. The number of rotatable bonds is 10. The number of aromatic nitrogens is 1. The van der Waals surface area contributed by atoms with Gasteiger partial charge in [0.1, 0.15) is 23.4 Å². The first-order chi connectivity index (χ1) is 16.3. The van der Waals surface area contributed by atoms with Gasteiger partial charge in [0.15, 0.2) is 5.78 Å². The monoisotopic (exact) mass is 461 g/mol. The minimum Gasteiger partial charge on any atom is -0.496 e. The first-order valence-corrected chi connectivity index (χ1v) is 11.4. The summed E-state index contributed by atoms with van der Waals surface area (Å²) in [6.07, 6.45) is 2.59. The highest BCUT2D eigenvalue weighted by atomic mass is 16.5. The molecule has 0 fully saturated rings. The van der Waals surface area contributed by atoms with Crippen molar-refractivity contribution in [2.75, 3.05) is 7.11 Å². The summed E-state index contributed by atoms with van der Waals surface area (Å²) in [4.78, 5) is 28.0. The lowest BCUT2D eigenvalue weighted by molar-refractivity contribution is -0.131. The lowest BCUT2D eigenvalue weighted by Gasteiger charge is -2.20. The van der Waals surface area contributed by atoms with E-state index in [1.165, 1.54) is 13.8 Å². The molecule has 0 aliphatic rings. The molecule has 2 aromatic carbocycles. The first-order valence-electron chi connectivity index (χ1n) is 11.4. The third-order valence-electron chi connectivity index (χ3n) is 5.48. The van der Waals surface area contributed by atoms with E-state index >= 15 is 0 Å². The predicted octanol–water partition coefficient (Wildman–Crippen LogP) is 6.50. The molecule has 1 aromatic heterocycles. The summed E-state index contributed by atoms with van der Waals surface area (Å²) in [5.41, 5.74) is 3.82. The SMILES string of the molecule is CCCC[C@H](Oc1ccc(OC(C)=O)c(C)c1)c1cccc(-c2ccc(C(C)=O)c(OC)c2)n1. The van der Waals surface area contributed by atoms with Gasteiger partial charge in [-0.05, 0) is 74.7 Å². The largest absolute Gasteiger partial charge is 0.496 e. The molecule has 0 bridgehead atoms. The molecule has 0 saturated heterocycles. The maximum Gasteiger partial charge on any atom is 0.308 e. The zero-order chi connectivity index (χ0) is 24.7. The Kier molecular flexibility index (Phi) is 8.41. The van der Waals surface area contributed by atoms with Crippen LogP contribution >= 0.6 is 0 Å². The van der Waals surface area contributed by atoms with E-state index in [9.17, 15) is 9.59 Å². The van der Waals surface area contributed by atoms with Crippen molar-refractivity contribution in [2.45, 2.75) is 53.1 Å². The number of carbonyl (C=O) groups excluding carboxylic acids is 2. The second kappa shape index (κ2) is 11.5. The topological polar surface area (TPSA) is 74.7 Å². The highest BCUT2D eigenvalue weighted by Gasteiger charge is 2.17. The van der Waals surface area contributed by atoms with Gasteiger partial charge in [0.05, 0.1) is 24.1 Å². The van der Waals surface area contributed by atoms with E-state index in [-0.39, 0.29) is 17.9 Å². The number of esters is 1. The molecule has 6 heteroatoms. The van der Waals surface area contributed by atoms with Gasteiger partial charge in [0, 0.05) is 12.5 Å². The van der Waals surface area contributed by atoms with E-state index < -0.39 is 0 Å². The summed E-state index contributed by atoms with van der Waals surface area (Å²) in [7, 11) is 1.55. The second-order valence-electron chi connectivity index (χ2n) is 8.19. The number of ether oxygens (including phenoxy) is 3. The molecule has 1 heterocycles. The number of ketones is 1. The van der Waals surface area contributed by atoms with E-state index in [1.54, 1.807) is 25.3 Å². The Hall–Kier alpha value is -3.67. The van der Waals surface area contributed by atoms with Crippen molar-refractivity contribution in [3.05, 3.63) is 71.4 Å². The number of hydrogen-bond donors (Lipinski definition) is 0. The molecule has 0 aliphatic heterocycles. The van der Waals surface area contributed by atoms with Crippen LogP contribution in [-0.4, -0.2) is 23.8 Å². The zero-order valence-corrected chi connectivity index (χ0v) is 20.4. The predicted molar refractivity (Wildman–Crippen MR) is 132 cm³/mol. The van der Waals surface area contributed by atoms with Crippen LogP contribution in [0.15, 0.2) is 54.6 Å². The Labute approximate surface area is 200 Å². The van der Waals surface area contributed by atoms with Gasteiger partial charge >= 0.3 is 5.97 Å². The highest BCUT2D eigenvalue weighted by molar-refractivity contribution is 5.97. The number of benzene rings is 2. The lowest BCUT2D eigenvalue weighted by Crippen LogP contribution is -2.10. The molecule has 0 aliphatic carbocycles. The van der Waals surface area contributed by atoms with Gasteiger partial charge in [-0.3, -0.25) is 9.59 Å². The van der Waals surface area contributed by atoms with Gasteiger partial charge in [0.2, 0.25) is 0 Å². The smallest absolute Gasteiger partial charge is 0.308 e. The fourth-order valence-corrected chi connectivity index (χ4v) is 3.72. The van der Waals surface area contributed by atoms with Crippen LogP contribution in [0.1, 0.15) is 67.8 Å². The molecule has 0 spiro atoms. The molecule has 1 atom stereocenters. The van der Waals surface area contributed by atoms with Crippen molar-refractivity contribution in [3.8, 4) is 28.5 Å². The molecule has 34 heavy (non-hydrogen) atoms. The van der Waals surface area contributed by atoms with E-state index in [0.717, 1.165) is 41.8 Å². The van der Waals surface area contributed by atoms with Gasteiger partial charge in [-0.1, -0.05) is 25.5 Å². The van der Waals surface area contributed by atoms with E-state index in [4.69, 9.17) is 19.2 Å².